The largest absolute Gasteiger partial charge is 0.480 e. The highest BCUT2D eigenvalue weighted by molar-refractivity contribution is 5.77. The van der Waals surface area contributed by atoms with Crippen molar-refractivity contribution in [2.75, 3.05) is 6.54 Å². The number of aliphatic carboxylic acids is 3. The Bertz CT molecular complexity index is 481. The van der Waals surface area contributed by atoms with Crippen molar-refractivity contribution in [3.63, 3.8) is 0 Å². The van der Waals surface area contributed by atoms with Crippen LogP contribution in [0.3, 0.4) is 0 Å². The minimum atomic E-state index is -1.11. The van der Waals surface area contributed by atoms with Crippen molar-refractivity contribution in [2.45, 2.75) is 64.1 Å². The Hall–Kier alpha value is -2.24. The van der Waals surface area contributed by atoms with E-state index in [1.807, 2.05) is 13.8 Å². The Morgan fingerprint density at radius 2 is 1.67 bits per heavy atom. The monoisotopic (exact) mass is 392 g/mol. The van der Waals surface area contributed by atoms with E-state index in [0.717, 1.165) is 25.8 Å². The zero-order valence-electron chi connectivity index (χ0n) is 15.8. The third-order valence-electron chi connectivity index (χ3n) is 3.92. The van der Waals surface area contributed by atoms with Gasteiger partial charge in [0.15, 0.2) is 0 Å². The molecule has 10 N–H and O–H groups in total. The van der Waals surface area contributed by atoms with Crippen molar-refractivity contribution in [3.8, 4) is 0 Å². The van der Waals surface area contributed by atoms with Crippen LogP contribution in [0.2, 0.25) is 0 Å². The minimum Gasteiger partial charge on any atom is -0.480 e. The van der Waals surface area contributed by atoms with Gasteiger partial charge in [0, 0.05) is 6.42 Å². The van der Waals surface area contributed by atoms with E-state index in [4.69, 9.17) is 32.5 Å². The average molecular weight is 392 g/mol. The first-order valence-electron chi connectivity index (χ1n) is 8.65. The summed E-state index contributed by atoms with van der Waals surface area (Å²) in [7, 11) is 0. The number of nitrogens with one attached hydrogen (secondary N) is 1. The smallest absolute Gasteiger partial charge is 0.320 e. The summed E-state index contributed by atoms with van der Waals surface area (Å²) in [5, 5.41) is 27.8. The van der Waals surface area contributed by atoms with Gasteiger partial charge in [0.1, 0.15) is 18.1 Å². The number of carboxylic acid groups (broad SMARTS) is 3. The van der Waals surface area contributed by atoms with Crippen molar-refractivity contribution in [1.29, 1.82) is 0 Å². The van der Waals surface area contributed by atoms with Gasteiger partial charge in [0.2, 0.25) is 5.91 Å². The average Bonchev–Trinajstić information content (AvgIpc) is 3.14. The molecule has 0 aromatic heterocycles. The normalized spacial score (nSPS) is 18.6. The van der Waals surface area contributed by atoms with Gasteiger partial charge in [0.05, 0.1) is 0 Å². The van der Waals surface area contributed by atoms with E-state index in [2.05, 4.69) is 5.32 Å². The summed E-state index contributed by atoms with van der Waals surface area (Å²) in [6.45, 7) is 4.61. The topological polar surface area (TPSA) is 219 Å². The molecule has 158 valence electrons. The molecule has 11 nitrogen and oxygen atoms in total. The van der Waals surface area contributed by atoms with Crippen LogP contribution in [-0.4, -0.2) is 63.8 Å². The summed E-state index contributed by atoms with van der Waals surface area (Å²) in [5.74, 6) is -3.20. The quantitative estimate of drug-likeness (QED) is 0.265. The third-order valence-corrected chi connectivity index (χ3v) is 3.92. The zero-order chi connectivity index (χ0) is 21.6. The summed E-state index contributed by atoms with van der Waals surface area (Å²) in [5.41, 5.74) is 15.1. The van der Waals surface area contributed by atoms with Gasteiger partial charge in [-0.1, -0.05) is 20.3 Å². The van der Waals surface area contributed by atoms with Crippen LogP contribution in [0.5, 0.6) is 0 Å². The summed E-state index contributed by atoms with van der Waals surface area (Å²) in [4.78, 5) is 40.4. The summed E-state index contributed by atoms with van der Waals surface area (Å²) in [6.07, 6.45) is 2.72. The molecule has 0 unspecified atom stereocenters. The second kappa shape index (κ2) is 14.9. The SMILES string of the molecule is CC[C@H](C)[C@H](N)C(=O)O.NC(=O)CC[C@H](N)C(=O)O.O=C(O)[C@@H]1CCCN1. The molecular formula is C16H32N4O7. The highest BCUT2D eigenvalue weighted by Gasteiger charge is 2.20. The fourth-order valence-corrected chi connectivity index (χ4v) is 1.81. The summed E-state index contributed by atoms with van der Waals surface area (Å²) < 4.78 is 0. The molecule has 27 heavy (non-hydrogen) atoms. The molecule has 1 heterocycles. The number of primary amides is 1. The zero-order valence-corrected chi connectivity index (χ0v) is 15.8. The van der Waals surface area contributed by atoms with Crippen molar-refractivity contribution >= 4 is 23.8 Å². The molecule has 1 aliphatic rings. The maximum Gasteiger partial charge on any atom is 0.320 e. The molecule has 0 radical (unpaired) electrons. The summed E-state index contributed by atoms with van der Waals surface area (Å²) in [6, 6.07) is -1.95. The first-order valence-corrected chi connectivity index (χ1v) is 8.65. The Labute approximate surface area is 158 Å². The molecule has 1 rings (SSSR count). The van der Waals surface area contributed by atoms with Crippen molar-refractivity contribution in [3.05, 3.63) is 0 Å². The lowest BCUT2D eigenvalue weighted by Crippen LogP contribution is -2.36. The van der Waals surface area contributed by atoms with Crippen LogP contribution in [0.4, 0.5) is 0 Å². The maximum atomic E-state index is 10.2. The number of nitrogens with two attached hydrogens (primary N) is 3. The molecule has 0 aliphatic carbocycles. The number of carbonyl (C=O) groups excluding carboxylic acids is 1. The van der Waals surface area contributed by atoms with Crippen LogP contribution in [0.15, 0.2) is 0 Å². The Kier molecular flexibility index (Phi) is 14.9. The van der Waals surface area contributed by atoms with Crippen molar-refractivity contribution in [2.24, 2.45) is 23.1 Å². The lowest BCUT2D eigenvalue weighted by atomic mass is 10.0. The van der Waals surface area contributed by atoms with Crippen LogP contribution in [0, 0.1) is 5.92 Å². The highest BCUT2D eigenvalue weighted by Crippen LogP contribution is 2.04. The molecule has 4 atom stereocenters. The van der Waals surface area contributed by atoms with Crippen LogP contribution in [0.1, 0.15) is 46.0 Å². The van der Waals surface area contributed by atoms with Gasteiger partial charge >= 0.3 is 17.9 Å². The van der Waals surface area contributed by atoms with Gasteiger partial charge in [-0.25, -0.2) is 0 Å². The van der Waals surface area contributed by atoms with E-state index in [1.165, 1.54) is 0 Å². The van der Waals surface area contributed by atoms with Crippen LogP contribution < -0.4 is 22.5 Å². The Morgan fingerprint density at radius 1 is 1.11 bits per heavy atom. The van der Waals surface area contributed by atoms with Crippen molar-refractivity contribution in [1.82, 2.24) is 5.32 Å². The Balaban J connectivity index is 0. The molecule has 11 heteroatoms. The molecule has 0 saturated carbocycles. The molecule has 0 aromatic carbocycles. The number of hydrogen-bond acceptors (Lipinski definition) is 7. The standard InChI is InChI=1S/C6H13NO2.C5H10N2O3.C5H9NO2/c1-3-4(2)5(7)6(8)9;6-3(5(9)10)1-2-4(7)8;7-5(8)4-2-1-3-6-4/h4-5H,3,7H2,1-2H3,(H,8,9);3H,1-2,6H2,(H2,7,8)(H,9,10);4,6H,1-3H2,(H,7,8)/t4-,5-;3-;4-/m000/s1. The van der Waals surface area contributed by atoms with Gasteiger partial charge in [-0.3, -0.25) is 19.2 Å². The van der Waals surface area contributed by atoms with Gasteiger partial charge in [-0.2, -0.15) is 0 Å². The van der Waals surface area contributed by atoms with Crippen LogP contribution in [-0.2, 0) is 19.2 Å². The van der Waals surface area contributed by atoms with E-state index >= 15 is 0 Å². The number of carboxylic acids is 3. The predicted molar refractivity (Wildman–Crippen MR) is 97.8 cm³/mol. The fourth-order valence-electron chi connectivity index (χ4n) is 1.81. The summed E-state index contributed by atoms with van der Waals surface area (Å²) >= 11 is 0. The van der Waals surface area contributed by atoms with Crippen LogP contribution in [0.25, 0.3) is 0 Å². The molecule has 1 amide bonds. The van der Waals surface area contributed by atoms with E-state index in [-0.39, 0.29) is 24.8 Å². The van der Waals surface area contributed by atoms with Gasteiger partial charge in [0.25, 0.3) is 0 Å². The maximum absolute atomic E-state index is 10.2. The third kappa shape index (κ3) is 14.6. The van der Waals surface area contributed by atoms with E-state index in [9.17, 15) is 19.2 Å². The molecular weight excluding hydrogens is 360 g/mol. The van der Waals surface area contributed by atoms with E-state index in [0.29, 0.717) is 0 Å². The first-order chi connectivity index (χ1) is 12.4. The lowest BCUT2D eigenvalue weighted by Gasteiger charge is -2.11. The number of hydrogen-bond donors (Lipinski definition) is 7. The van der Waals surface area contributed by atoms with E-state index in [1.54, 1.807) is 0 Å². The molecule has 0 spiro atoms. The first kappa shape index (κ1) is 27.0. The number of amides is 1. The number of carbonyl (C=O) groups is 4. The molecule has 0 aromatic rings. The molecule has 1 aliphatic heterocycles. The molecule has 0 bridgehead atoms. The van der Waals surface area contributed by atoms with Gasteiger partial charge in [-0.05, 0) is 31.7 Å². The lowest BCUT2D eigenvalue weighted by molar-refractivity contribution is -0.140. The van der Waals surface area contributed by atoms with Crippen LogP contribution >= 0.6 is 0 Å². The second-order valence-corrected chi connectivity index (χ2v) is 6.19. The minimum absolute atomic E-state index is 0.0213. The number of rotatable bonds is 8. The van der Waals surface area contributed by atoms with Gasteiger partial charge in [-0.15, -0.1) is 0 Å². The molecule has 1 saturated heterocycles. The predicted octanol–water partition coefficient (Wildman–Crippen LogP) is -1.07. The Morgan fingerprint density at radius 3 is 1.89 bits per heavy atom. The molecule has 1 fully saturated rings. The van der Waals surface area contributed by atoms with Crippen molar-refractivity contribution < 1.29 is 34.5 Å². The second-order valence-electron chi connectivity index (χ2n) is 6.19. The fraction of sp³-hybridized carbons (Fsp3) is 0.750. The highest BCUT2D eigenvalue weighted by atomic mass is 16.4. The van der Waals surface area contributed by atoms with E-state index < -0.39 is 35.9 Å². The van der Waals surface area contributed by atoms with Gasteiger partial charge < -0.3 is 37.8 Å².